The molecule has 0 saturated heterocycles. The summed E-state index contributed by atoms with van der Waals surface area (Å²) in [5.74, 6) is 0.730. The lowest BCUT2D eigenvalue weighted by atomic mass is 9.78. The zero-order chi connectivity index (χ0) is 40.9. The van der Waals surface area contributed by atoms with Gasteiger partial charge in [0.2, 0.25) is 0 Å². The van der Waals surface area contributed by atoms with Gasteiger partial charge in [-0.05, 0) is 121 Å². The minimum absolute atomic E-state index is 0.0499. The van der Waals surface area contributed by atoms with E-state index in [1.54, 1.807) is 42.5 Å². The molecule has 0 saturated carbocycles. The van der Waals surface area contributed by atoms with E-state index in [2.05, 4.69) is 47.3 Å². The summed E-state index contributed by atoms with van der Waals surface area (Å²) < 4.78 is 12.3. The second-order valence-corrected chi connectivity index (χ2v) is 15.9. The van der Waals surface area contributed by atoms with Crippen LogP contribution in [0, 0.1) is 0 Å². The molecule has 1 unspecified atom stereocenters. The molecule has 0 aromatic heterocycles. The van der Waals surface area contributed by atoms with Crippen LogP contribution in [0.2, 0.25) is 0 Å². The number of amides is 4. The minimum Gasteiger partial charge on any atom is -0.457 e. The number of ether oxygens (including phenoxy) is 2. The number of hydrogen-bond donors (Lipinski definition) is 0. The second-order valence-electron chi connectivity index (χ2n) is 15.9. The molecule has 5 aromatic carbocycles. The normalized spacial score (nSPS) is 15.1. The number of carbonyl (C=O) groups excluding carboxylic acids is 4. The van der Waals surface area contributed by atoms with E-state index in [9.17, 15) is 19.2 Å². The quantitative estimate of drug-likeness (QED) is 0.0876. The molecule has 1 atom stereocenters. The summed E-state index contributed by atoms with van der Waals surface area (Å²) in [6, 6.07) is 33.3. The lowest BCUT2D eigenvalue weighted by Crippen LogP contribution is -2.47. The van der Waals surface area contributed by atoms with Crippen LogP contribution in [0.1, 0.15) is 126 Å². The Kier molecular flexibility index (Phi) is 10.0. The van der Waals surface area contributed by atoms with Gasteiger partial charge in [-0.3, -0.25) is 24.1 Å². The Morgan fingerprint density at radius 2 is 0.982 bits per heavy atom. The molecule has 0 fully saturated rings. The highest BCUT2D eigenvalue weighted by atomic mass is 16.5. The first-order chi connectivity index (χ1) is 27.2. The number of carbonyl (C=O) groups is 4. The molecule has 8 nitrogen and oxygen atoms in total. The van der Waals surface area contributed by atoms with Gasteiger partial charge in [-0.1, -0.05) is 84.0 Å². The third-order valence-corrected chi connectivity index (χ3v) is 12.4. The third kappa shape index (κ3) is 6.73. The summed E-state index contributed by atoms with van der Waals surface area (Å²) >= 11 is 0. The fourth-order valence-electron chi connectivity index (χ4n) is 7.66. The first kappa shape index (κ1) is 39.0. The molecule has 290 valence electrons. The molecule has 8 heteroatoms. The van der Waals surface area contributed by atoms with Gasteiger partial charge in [0.05, 0.1) is 33.5 Å². The predicted molar refractivity (Wildman–Crippen MR) is 223 cm³/mol. The monoisotopic (exact) mass is 760 g/mol. The summed E-state index contributed by atoms with van der Waals surface area (Å²) in [5.41, 5.74) is 3.94. The van der Waals surface area contributed by atoms with Crippen molar-refractivity contribution in [2.24, 2.45) is 0 Å². The van der Waals surface area contributed by atoms with Gasteiger partial charge in [0, 0.05) is 5.41 Å². The molecule has 2 aliphatic rings. The van der Waals surface area contributed by atoms with Gasteiger partial charge in [0.25, 0.3) is 23.6 Å². The Morgan fingerprint density at radius 1 is 0.526 bits per heavy atom. The van der Waals surface area contributed by atoms with Gasteiger partial charge in [-0.15, -0.1) is 6.58 Å². The van der Waals surface area contributed by atoms with Gasteiger partial charge in [0.15, 0.2) is 0 Å². The largest absolute Gasteiger partial charge is 0.457 e. The molecule has 2 aliphatic heterocycles. The number of fused-ring (bicyclic) bond motifs is 2. The Bertz CT molecular complexity index is 2430. The van der Waals surface area contributed by atoms with Crippen molar-refractivity contribution < 1.29 is 28.7 Å². The van der Waals surface area contributed by atoms with Crippen molar-refractivity contribution in [1.82, 2.24) is 4.90 Å². The zero-order valence-electron chi connectivity index (χ0n) is 33.6. The number of nitrogens with zero attached hydrogens (tertiary/aromatic N) is 2. The van der Waals surface area contributed by atoms with E-state index in [-0.39, 0.29) is 34.5 Å². The van der Waals surface area contributed by atoms with Gasteiger partial charge >= 0.3 is 0 Å². The van der Waals surface area contributed by atoms with Crippen LogP contribution in [0.15, 0.2) is 122 Å². The van der Waals surface area contributed by atoms with E-state index < -0.39 is 5.54 Å². The summed E-state index contributed by atoms with van der Waals surface area (Å²) in [6.45, 7) is 18.4. The molecular weight excluding hydrogens is 713 g/mol. The molecule has 0 aliphatic carbocycles. The van der Waals surface area contributed by atoms with Gasteiger partial charge in [-0.25, -0.2) is 4.90 Å². The molecule has 4 amide bonds. The number of rotatable bonds is 13. The highest BCUT2D eigenvalue weighted by Crippen LogP contribution is 2.39. The molecule has 0 spiro atoms. The first-order valence-corrected chi connectivity index (χ1v) is 19.5. The van der Waals surface area contributed by atoms with Crippen LogP contribution in [0.25, 0.3) is 0 Å². The van der Waals surface area contributed by atoms with E-state index in [0.29, 0.717) is 57.4 Å². The van der Waals surface area contributed by atoms with Crippen LogP contribution in [-0.2, 0) is 10.8 Å². The molecule has 7 rings (SSSR count). The topological polar surface area (TPSA) is 93.2 Å². The Labute approximate surface area is 334 Å². The molecule has 57 heavy (non-hydrogen) atoms. The van der Waals surface area contributed by atoms with Crippen LogP contribution in [0.4, 0.5) is 5.69 Å². The van der Waals surface area contributed by atoms with E-state index in [1.807, 2.05) is 80.6 Å². The predicted octanol–water partition coefficient (Wildman–Crippen LogP) is 11.4. The lowest BCUT2D eigenvalue weighted by molar-refractivity contribution is 0.0514. The van der Waals surface area contributed by atoms with Crippen molar-refractivity contribution in [3.8, 4) is 23.0 Å². The van der Waals surface area contributed by atoms with Crippen molar-refractivity contribution in [1.29, 1.82) is 0 Å². The number of imide groups is 2. The standard InChI is InChI=1S/C49H48N2O6/c1-9-48(7,10-2)33-14-13-15-34(28-33)50-43(52)39-26-24-37(29-41(39)44(50)53)56-35-20-16-31(17-21-35)47(5,6)32-18-22-36(23-19-32)57-38-25-27-40-42(30-38)46(55)51(45(40)54)49(8,11-3)12-4/h11,13-30H,3,9-10,12H2,1-2,4-8H3. The van der Waals surface area contributed by atoms with E-state index >= 15 is 0 Å². The maximum absolute atomic E-state index is 13.7. The fourth-order valence-corrected chi connectivity index (χ4v) is 7.66. The Balaban J connectivity index is 1.02. The zero-order valence-corrected chi connectivity index (χ0v) is 33.6. The minimum atomic E-state index is -0.778. The highest BCUT2D eigenvalue weighted by molar-refractivity contribution is 6.34. The van der Waals surface area contributed by atoms with E-state index in [4.69, 9.17) is 9.47 Å². The van der Waals surface area contributed by atoms with Crippen molar-refractivity contribution in [3.05, 3.63) is 161 Å². The van der Waals surface area contributed by atoms with Crippen molar-refractivity contribution >= 4 is 29.3 Å². The highest BCUT2D eigenvalue weighted by Gasteiger charge is 2.44. The maximum atomic E-state index is 13.7. The van der Waals surface area contributed by atoms with Crippen LogP contribution >= 0.6 is 0 Å². The average Bonchev–Trinajstić information content (AvgIpc) is 3.63. The van der Waals surface area contributed by atoms with E-state index in [0.717, 1.165) is 29.5 Å². The molecule has 0 N–H and O–H groups in total. The molecular formula is C49H48N2O6. The van der Waals surface area contributed by atoms with Crippen LogP contribution in [-0.4, -0.2) is 34.1 Å². The average molecular weight is 761 g/mol. The summed E-state index contributed by atoms with van der Waals surface area (Å²) in [4.78, 5) is 56.1. The van der Waals surface area contributed by atoms with Gasteiger partial charge in [-0.2, -0.15) is 0 Å². The second kappa shape index (κ2) is 14.7. The molecule has 5 aromatic rings. The van der Waals surface area contributed by atoms with Crippen LogP contribution in [0.3, 0.4) is 0 Å². The number of anilines is 1. The Hall–Kier alpha value is -6.28. The third-order valence-electron chi connectivity index (χ3n) is 12.4. The van der Waals surface area contributed by atoms with Crippen molar-refractivity contribution in [3.63, 3.8) is 0 Å². The van der Waals surface area contributed by atoms with Gasteiger partial charge in [0.1, 0.15) is 23.0 Å². The van der Waals surface area contributed by atoms with Crippen molar-refractivity contribution in [2.45, 2.75) is 84.1 Å². The Morgan fingerprint density at radius 3 is 1.47 bits per heavy atom. The van der Waals surface area contributed by atoms with Crippen LogP contribution in [0.5, 0.6) is 23.0 Å². The van der Waals surface area contributed by atoms with E-state index in [1.165, 1.54) is 9.80 Å². The van der Waals surface area contributed by atoms with Crippen molar-refractivity contribution in [2.75, 3.05) is 4.90 Å². The SMILES string of the molecule is C=CC(C)(CC)N1C(=O)c2ccc(Oc3ccc(C(C)(C)c4ccc(Oc5ccc6c(c5)C(=O)N(c5cccc(C(C)(CC)CC)c5)C6=O)cc4)cc3)cc2C1=O. The van der Waals surface area contributed by atoms with Gasteiger partial charge < -0.3 is 9.47 Å². The number of benzene rings is 5. The number of hydrogen-bond acceptors (Lipinski definition) is 6. The molecule has 0 radical (unpaired) electrons. The summed E-state index contributed by atoms with van der Waals surface area (Å²) in [7, 11) is 0. The smallest absolute Gasteiger partial charge is 0.266 e. The molecule has 0 bridgehead atoms. The lowest BCUT2D eigenvalue weighted by Gasteiger charge is -2.33. The summed E-state index contributed by atoms with van der Waals surface area (Å²) in [5, 5.41) is 0. The molecule has 2 heterocycles. The summed E-state index contributed by atoms with van der Waals surface area (Å²) in [6.07, 6.45) is 4.09. The first-order valence-electron chi connectivity index (χ1n) is 19.5. The maximum Gasteiger partial charge on any atom is 0.266 e. The fraction of sp³-hybridized carbons (Fsp3) is 0.265. The van der Waals surface area contributed by atoms with Crippen LogP contribution < -0.4 is 14.4 Å².